The number of hydrogen-bond acceptors (Lipinski definition) is 3. The van der Waals surface area contributed by atoms with Crippen molar-refractivity contribution in [2.24, 2.45) is 5.16 Å². The van der Waals surface area contributed by atoms with Crippen LogP contribution in [0.25, 0.3) is 0 Å². The predicted molar refractivity (Wildman–Crippen MR) is 58.8 cm³/mol. The Balaban J connectivity index is 2.04. The standard InChI is InChI=1S/C12H15NO2/c1-3-14-12-8-11(13-15-12)10-6-4-9(2)5-7-10/h4-7,12H,3,8H2,1-2H3. The van der Waals surface area contributed by atoms with E-state index in [1.165, 1.54) is 5.56 Å². The van der Waals surface area contributed by atoms with Gasteiger partial charge >= 0.3 is 0 Å². The van der Waals surface area contributed by atoms with Crippen LogP contribution in [-0.4, -0.2) is 18.6 Å². The zero-order valence-corrected chi connectivity index (χ0v) is 9.06. The van der Waals surface area contributed by atoms with Gasteiger partial charge in [0.2, 0.25) is 6.29 Å². The smallest absolute Gasteiger partial charge is 0.232 e. The summed E-state index contributed by atoms with van der Waals surface area (Å²) in [6.45, 7) is 4.67. The van der Waals surface area contributed by atoms with Crippen LogP contribution < -0.4 is 0 Å². The second-order valence-electron chi connectivity index (χ2n) is 3.60. The van der Waals surface area contributed by atoms with Gasteiger partial charge in [0.05, 0.1) is 12.1 Å². The number of oxime groups is 1. The highest BCUT2D eigenvalue weighted by Crippen LogP contribution is 2.17. The zero-order chi connectivity index (χ0) is 10.7. The number of nitrogens with zero attached hydrogens (tertiary/aromatic N) is 1. The molecule has 1 aliphatic rings. The van der Waals surface area contributed by atoms with Gasteiger partial charge in [0.1, 0.15) is 0 Å². The van der Waals surface area contributed by atoms with Crippen LogP contribution in [0, 0.1) is 6.92 Å². The molecule has 3 nitrogen and oxygen atoms in total. The van der Waals surface area contributed by atoms with E-state index >= 15 is 0 Å². The van der Waals surface area contributed by atoms with E-state index in [1.54, 1.807) is 0 Å². The minimum absolute atomic E-state index is 0.202. The minimum atomic E-state index is -0.202. The molecule has 0 spiro atoms. The molecule has 1 aliphatic heterocycles. The van der Waals surface area contributed by atoms with Crippen LogP contribution in [0.4, 0.5) is 0 Å². The van der Waals surface area contributed by atoms with Gasteiger partial charge in [-0.3, -0.25) is 0 Å². The molecular weight excluding hydrogens is 190 g/mol. The quantitative estimate of drug-likeness (QED) is 0.759. The van der Waals surface area contributed by atoms with E-state index in [-0.39, 0.29) is 6.29 Å². The molecular formula is C12H15NO2. The van der Waals surface area contributed by atoms with Crippen LogP contribution in [0.15, 0.2) is 29.4 Å². The Morgan fingerprint density at radius 1 is 1.40 bits per heavy atom. The Hall–Kier alpha value is -1.35. The number of aryl methyl sites for hydroxylation is 1. The third-order valence-electron chi connectivity index (χ3n) is 2.38. The molecule has 0 saturated heterocycles. The summed E-state index contributed by atoms with van der Waals surface area (Å²) >= 11 is 0. The van der Waals surface area contributed by atoms with Crippen molar-refractivity contribution in [3.8, 4) is 0 Å². The maximum atomic E-state index is 5.34. The Bertz CT molecular complexity index is 356. The maximum Gasteiger partial charge on any atom is 0.232 e. The molecule has 0 aromatic heterocycles. The van der Waals surface area contributed by atoms with E-state index in [2.05, 4.69) is 36.3 Å². The normalized spacial score (nSPS) is 19.9. The number of rotatable bonds is 3. The predicted octanol–water partition coefficient (Wildman–Crippen LogP) is 2.48. The van der Waals surface area contributed by atoms with Crippen molar-refractivity contribution in [1.29, 1.82) is 0 Å². The lowest BCUT2D eigenvalue weighted by atomic mass is 10.1. The van der Waals surface area contributed by atoms with E-state index in [1.807, 2.05) is 6.92 Å². The van der Waals surface area contributed by atoms with Gasteiger partial charge in [-0.2, -0.15) is 0 Å². The van der Waals surface area contributed by atoms with E-state index < -0.39 is 0 Å². The minimum Gasteiger partial charge on any atom is -0.363 e. The zero-order valence-electron chi connectivity index (χ0n) is 9.06. The molecule has 0 amide bonds. The van der Waals surface area contributed by atoms with Crippen molar-refractivity contribution in [1.82, 2.24) is 0 Å². The lowest BCUT2D eigenvalue weighted by Crippen LogP contribution is -2.12. The fraction of sp³-hybridized carbons (Fsp3) is 0.417. The van der Waals surface area contributed by atoms with Gasteiger partial charge in [-0.1, -0.05) is 35.0 Å². The molecule has 15 heavy (non-hydrogen) atoms. The van der Waals surface area contributed by atoms with Crippen molar-refractivity contribution in [3.05, 3.63) is 35.4 Å². The summed E-state index contributed by atoms with van der Waals surface area (Å²) in [4.78, 5) is 5.16. The summed E-state index contributed by atoms with van der Waals surface area (Å²) in [5.41, 5.74) is 3.33. The molecule has 1 aromatic carbocycles. The monoisotopic (exact) mass is 205 g/mol. The molecule has 1 atom stereocenters. The molecule has 0 fully saturated rings. The fourth-order valence-electron chi connectivity index (χ4n) is 1.55. The van der Waals surface area contributed by atoms with Gasteiger partial charge in [-0.15, -0.1) is 0 Å². The van der Waals surface area contributed by atoms with Gasteiger partial charge in [-0.05, 0) is 19.4 Å². The first-order valence-electron chi connectivity index (χ1n) is 5.21. The Labute approximate surface area is 89.7 Å². The van der Waals surface area contributed by atoms with E-state index in [9.17, 15) is 0 Å². The third kappa shape index (κ3) is 2.36. The average Bonchev–Trinajstić information content (AvgIpc) is 2.68. The summed E-state index contributed by atoms with van der Waals surface area (Å²) in [7, 11) is 0. The van der Waals surface area contributed by atoms with Crippen LogP contribution in [-0.2, 0) is 9.57 Å². The molecule has 0 radical (unpaired) electrons. The second-order valence-corrected chi connectivity index (χ2v) is 3.60. The van der Waals surface area contributed by atoms with Crippen molar-refractivity contribution in [2.75, 3.05) is 6.61 Å². The first-order chi connectivity index (χ1) is 7.29. The van der Waals surface area contributed by atoms with Crippen LogP contribution in [0.3, 0.4) is 0 Å². The lowest BCUT2D eigenvalue weighted by Gasteiger charge is -2.06. The van der Waals surface area contributed by atoms with Crippen molar-refractivity contribution in [2.45, 2.75) is 26.6 Å². The van der Waals surface area contributed by atoms with E-state index in [0.29, 0.717) is 6.61 Å². The van der Waals surface area contributed by atoms with Gasteiger partial charge in [-0.25, -0.2) is 0 Å². The van der Waals surface area contributed by atoms with Gasteiger partial charge in [0.15, 0.2) is 0 Å². The first-order valence-corrected chi connectivity index (χ1v) is 5.21. The molecule has 1 aromatic rings. The van der Waals surface area contributed by atoms with Crippen LogP contribution >= 0.6 is 0 Å². The molecule has 0 saturated carbocycles. The topological polar surface area (TPSA) is 30.8 Å². The fourth-order valence-corrected chi connectivity index (χ4v) is 1.55. The molecule has 80 valence electrons. The van der Waals surface area contributed by atoms with Crippen molar-refractivity contribution < 1.29 is 9.57 Å². The Morgan fingerprint density at radius 2 is 2.13 bits per heavy atom. The maximum absolute atomic E-state index is 5.34. The van der Waals surface area contributed by atoms with Crippen LogP contribution in [0.2, 0.25) is 0 Å². The van der Waals surface area contributed by atoms with Crippen LogP contribution in [0.1, 0.15) is 24.5 Å². The van der Waals surface area contributed by atoms with Gasteiger partial charge in [0, 0.05) is 6.61 Å². The third-order valence-corrected chi connectivity index (χ3v) is 2.38. The summed E-state index contributed by atoms with van der Waals surface area (Å²) in [6.07, 6.45) is 0.531. The number of ether oxygens (including phenoxy) is 1. The largest absolute Gasteiger partial charge is 0.363 e. The number of benzene rings is 1. The van der Waals surface area contributed by atoms with E-state index in [4.69, 9.17) is 9.57 Å². The van der Waals surface area contributed by atoms with E-state index in [0.717, 1.165) is 17.7 Å². The average molecular weight is 205 g/mol. The van der Waals surface area contributed by atoms with Gasteiger partial charge in [0.25, 0.3) is 0 Å². The summed E-state index contributed by atoms with van der Waals surface area (Å²) in [6, 6.07) is 8.27. The highest BCUT2D eigenvalue weighted by Gasteiger charge is 2.21. The summed E-state index contributed by atoms with van der Waals surface area (Å²) in [5.74, 6) is 0. The summed E-state index contributed by atoms with van der Waals surface area (Å²) < 4.78 is 5.34. The highest BCUT2D eigenvalue weighted by molar-refractivity contribution is 6.01. The molecule has 1 heterocycles. The SMILES string of the molecule is CCOC1CC(c2ccc(C)cc2)=NO1. The molecule has 0 bridgehead atoms. The van der Waals surface area contributed by atoms with Gasteiger partial charge < -0.3 is 9.57 Å². The molecule has 1 unspecified atom stereocenters. The van der Waals surface area contributed by atoms with Crippen molar-refractivity contribution >= 4 is 5.71 Å². The Kier molecular flexibility index (Phi) is 3.02. The molecule has 3 heteroatoms. The second kappa shape index (κ2) is 4.45. The molecule has 0 aliphatic carbocycles. The van der Waals surface area contributed by atoms with Crippen LogP contribution in [0.5, 0.6) is 0 Å². The number of hydrogen-bond donors (Lipinski definition) is 0. The molecule has 0 N–H and O–H groups in total. The lowest BCUT2D eigenvalue weighted by molar-refractivity contribution is -0.120. The van der Waals surface area contributed by atoms with Crippen molar-refractivity contribution in [3.63, 3.8) is 0 Å². The highest BCUT2D eigenvalue weighted by atomic mass is 16.8. The first kappa shape index (κ1) is 10.2. The molecule has 2 rings (SSSR count). The summed E-state index contributed by atoms with van der Waals surface area (Å²) in [5, 5.41) is 4.03. The Morgan fingerprint density at radius 3 is 2.80 bits per heavy atom.